The van der Waals surface area contributed by atoms with E-state index in [-0.39, 0.29) is 23.8 Å². The normalized spacial score (nSPS) is 18.7. The maximum absolute atomic E-state index is 12.4. The number of amides is 1. The SMILES string of the molecule is CCOC(=O)c1nn(C(C)C)c2c1CN(c1ccc([C@H]3CCNC3=O)cn1)CC2. The highest BCUT2D eigenvalue weighted by Gasteiger charge is 2.30. The standard InChI is InChI=1S/C21H27N5O3/c1-4-29-21(28)19-16-12-25(10-8-17(16)26(24-19)13(2)3)18-6-5-14(11-23-18)15-7-9-22-20(15)27/h5-6,11,13,15H,4,7-10,12H2,1-3H3,(H,22,27)/t15-/m1/s1. The molecule has 8 nitrogen and oxygen atoms in total. The molecule has 1 N–H and O–H groups in total. The predicted octanol–water partition coefficient (Wildman–Crippen LogP) is 2.20. The minimum absolute atomic E-state index is 0.0716. The lowest BCUT2D eigenvalue weighted by Crippen LogP contribution is -2.32. The second-order valence-corrected chi connectivity index (χ2v) is 7.79. The quantitative estimate of drug-likeness (QED) is 0.778. The number of esters is 1. The van der Waals surface area contributed by atoms with E-state index in [0.29, 0.717) is 18.8 Å². The number of anilines is 1. The molecule has 4 rings (SSSR count). The predicted molar refractivity (Wildman–Crippen MR) is 108 cm³/mol. The Labute approximate surface area is 170 Å². The Morgan fingerprint density at radius 3 is 2.83 bits per heavy atom. The summed E-state index contributed by atoms with van der Waals surface area (Å²) in [5.74, 6) is 0.428. The van der Waals surface area contributed by atoms with Crippen LogP contribution >= 0.6 is 0 Å². The van der Waals surface area contributed by atoms with Crippen molar-refractivity contribution in [1.29, 1.82) is 0 Å². The number of ether oxygens (including phenoxy) is 1. The average molecular weight is 397 g/mol. The molecule has 2 aromatic rings. The molecule has 29 heavy (non-hydrogen) atoms. The summed E-state index contributed by atoms with van der Waals surface area (Å²) in [5.41, 5.74) is 3.36. The van der Waals surface area contributed by atoms with Gasteiger partial charge >= 0.3 is 5.97 Å². The number of nitrogens with one attached hydrogen (secondary N) is 1. The second-order valence-electron chi connectivity index (χ2n) is 7.79. The Bertz CT molecular complexity index is 919. The molecule has 0 saturated carbocycles. The molecule has 1 amide bonds. The molecule has 0 unspecified atom stereocenters. The summed E-state index contributed by atoms with van der Waals surface area (Å²) >= 11 is 0. The zero-order chi connectivity index (χ0) is 20.5. The number of rotatable bonds is 5. The Hall–Kier alpha value is -2.90. The van der Waals surface area contributed by atoms with Gasteiger partial charge in [0.15, 0.2) is 5.69 Å². The molecule has 1 atom stereocenters. The van der Waals surface area contributed by atoms with Crippen LogP contribution in [0.25, 0.3) is 0 Å². The zero-order valence-corrected chi connectivity index (χ0v) is 17.1. The molecule has 2 aliphatic heterocycles. The molecule has 0 radical (unpaired) electrons. The fourth-order valence-electron chi connectivity index (χ4n) is 4.13. The van der Waals surface area contributed by atoms with Gasteiger partial charge in [-0.05, 0) is 38.8 Å². The highest BCUT2D eigenvalue weighted by atomic mass is 16.5. The first kappa shape index (κ1) is 19.4. The maximum atomic E-state index is 12.4. The fourth-order valence-corrected chi connectivity index (χ4v) is 4.13. The van der Waals surface area contributed by atoms with Gasteiger partial charge in [0, 0.05) is 49.6 Å². The number of hydrogen-bond donors (Lipinski definition) is 1. The first-order chi connectivity index (χ1) is 14.0. The van der Waals surface area contributed by atoms with E-state index in [9.17, 15) is 9.59 Å². The molecule has 1 fully saturated rings. The maximum Gasteiger partial charge on any atom is 0.359 e. The van der Waals surface area contributed by atoms with Gasteiger partial charge < -0.3 is 15.0 Å². The molecule has 154 valence electrons. The van der Waals surface area contributed by atoms with Gasteiger partial charge in [-0.2, -0.15) is 5.10 Å². The highest BCUT2D eigenvalue weighted by Crippen LogP contribution is 2.29. The van der Waals surface area contributed by atoms with E-state index in [1.807, 2.05) is 16.8 Å². The van der Waals surface area contributed by atoms with Crippen LogP contribution in [0.15, 0.2) is 18.3 Å². The van der Waals surface area contributed by atoms with Gasteiger partial charge in [-0.3, -0.25) is 9.48 Å². The third-order valence-corrected chi connectivity index (χ3v) is 5.59. The summed E-state index contributed by atoms with van der Waals surface area (Å²) in [5, 5.41) is 7.43. The van der Waals surface area contributed by atoms with E-state index in [1.165, 1.54) is 0 Å². The molecule has 0 aliphatic carbocycles. The number of nitrogens with zero attached hydrogens (tertiary/aromatic N) is 4. The lowest BCUT2D eigenvalue weighted by Gasteiger charge is -2.29. The molecule has 0 spiro atoms. The van der Waals surface area contributed by atoms with Crippen LogP contribution in [-0.4, -0.2) is 46.3 Å². The summed E-state index contributed by atoms with van der Waals surface area (Å²) in [6, 6.07) is 4.12. The van der Waals surface area contributed by atoms with E-state index in [0.717, 1.165) is 48.6 Å². The van der Waals surface area contributed by atoms with Crippen LogP contribution in [0.2, 0.25) is 0 Å². The van der Waals surface area contributed by atoms with Gasteiger partial charge in [-0.25, -0.2) is 9.78 Å². The summed E-state index contributed by atoms with van der Waals surface area (Å²) in [6.07, 6.45) is 3.39. The van der Waals surface area contributed by atoms with Crippen LogP contribution in [0, 0.1) is 0 Å². The highest BCUT2D eigenvalue weighted by molar-refractivity contribution is 5.89. The van der Waals surface area contributed by atoms with Crippen molar-refractivity contribution in [3.63, 3.8) is 0 Å². The smallest absolute Gasteiger partial charge is 0.359 e. The second kappa shape index (κ2) is 7.85. The molecule has 8 heteroatoms. The van der Waals surface area contributed by atoms with Crippen LogP contribution in [0.1, 0.15) is 66.5 Å². The van der Waals surface area contributed by atoms with Crippen LogP contribution in [0.3, 0.4) is 0 Å². The Morgan fingerprint density at radius 2 is 2.21 bits per heavy atom. The molecule has 1 saturated heterocycles. The fraction of sp³-hybridized carbons (Fsp3) is 0.524. The van der Waals surface area contributed by atoms with Crippen molar-refractivity contribution in [3.05, 3.63) is 40.8 Å². The summed E-state index contributed by atoms with van der Waals surface area (Å²) in [4.78, 5) is 31.1. The Balaban J connectivity index is 1.59. The molecular weight excluding hydrogens is 370 g/mol. The van der Waals surface area contributed by atoms with Crippen molar-refractivity contribution >= 4 is 17.7 Å². The number of carbonyl (C=O) groups excluding carboxylic acids is 2. The van der Waals surface area contributed by atoms with E-state index >= 15 is 0 Å². The van der Waals surface area contributed by atoms with Gasteiger partial charge in [0.2, 0.25) is 5.91 Å². The van der Waals surface area contributed by atoms with Crippen LogP contribution in [0.4, 0.5) is 5.82 Å². The molecule has 0 aromatic carbocycles. The first-order valence-corrected chi connectivity index (χ1v) is 10.3. The first-order valence-electron chi connectivity index (χ1n) is 10.3. The lowest BCUT2D eigenvalue weighted by molar-refractivity contribution is -0.120. The third-order valence-electron chi connectivity index (χ3n) is 5.59. The molecule has 4 heterocycles. The molecule has 0 bridgehead atoms. The van der Waals surface area contributed by atoms with Gasteiger partial charge in [-0.15, -0.1) is 0 Å². The third kappa shape index (κ3) is 3.59. The monoisotopic (exact) mass is 397 g/mol. The summed E-state index contributed by atoms with van der Waals surface area (Å²) < 4.78 is 7.16. The largest absolute Gasteiger partial charge is 0.461 e. The molecule has 2 aliphatic rings. The lowest BCUT2D eigenvalue weighted by atomic mass is 9.99. The van der Waals surface area contributed by atoms with Gasteiger partial charge in [0.05, 0.1) is 12.5 Å². The number of hydrogen-bond acceptors (Lipinski definition) is 6. The van der Waals surface area contributed by atoms with E-state index in [1.54, 1.807) is 13.1 Å². The Morgan fingerprint density at radius 1 is 1.38 bits per heavy atom. The topological polar surface area (TPSA) is 89.4 Å². The number of pyridine rings is 1. The zero-order valence-electron chi connectivity index (χ0n) is 17.1. The van der Waals surface area contributed by atoms with Crippen LogP contribution in [0.5, 0.6) is 0 Å². The van der Waals surface area contributed by atoms with Gasteiger partial charge in [0.25, 0.3) is 0 Å². The van der Waals surface area contributed by atoms with Crippen molar-refractivity contribution < 1.29 is 14.3 Å². The number of fused-ring (bicyclic) bond motifs is 1. The van der Waals surface area contributed by atoms with Crippen molar-refractivity contribution in [2.75, 3.05) is 24.6 Å². The average Bonchev–Trinajstić information content (AvgIpc) is 3.31. The number of carbonyl (C=O) groups is 2. The number of aromatic nitrogens is 3. The van der Waals surface area contributed by atoms with E-state index in [4.69, 9.17) is 4.74 Å². The van der Waals surface area contributed by atoms with E-state index < -0.39 is 0 Å². The van der Waals surface area contributed by atoms with Crippen LogP contribution < -0.4 is 10.2 Å². The minimum Gasteiger partial charge on any atom is -0.461 e. The summed E-state index contributed by atoms with van der Waals surface area (Å²) in [6.45, 7) is 8.32. The van der Waals surface area contributed by atoms with Crippen molar-refractivity contribution in [3.8, 4) is 0 Å². The Kier molecular flexibility index (Phi) is 5.25. The van der Waals surface area contributed by atoms with Crippen molar-refractivity contribution in [2.45, 2.75) is 52.1 Å². The minimum atomic E-state index is -0.374. The van der Waals surface area contributed by atoms with Crippen LogP contribution in [-0.2, 0) is 22.5 Å². The van der Waals surface area contributed by atoms with Crippen molar-refractivity contribution in [2.24, 2.45) is 0 Å². The summed E-state index contributed by atoms with van der Waals surface area (Å²) in [7, 11) is 0. The molecule has 2 aromatic heterocycles. The van der Waals surface area contributed by atoms with E-state index in [2.05, 4.69) is 34.1 Å². The van der Waals surface area contributed by atoms with Gasteiger partial charge in [-0.1, -0.05) is 6.07 Å². The van der Waals surface area contributed by atoms with Crippen molar-refractivity contribution in [1.82, 2.24) is 20.1 Å². The van der Waals surface area contributed by atoms with Gasteiger partial charge in [0.1, 0.15) is 5.82 Å². The molecular formula is C21H27N5O3.